The predicted octanol–water partition coefficient (Wildman–Crippen LogP) is 2.71. The molecule has 0 spiro atoms. The Hall–Kier alpha value is -0.160. The van der Waals surface area contributed by atoms with Crippen molar-refractivity contribution in [3.05, 3.63) is 5.82 Å². The third kappa shape index (κ3) is 2.69. The molecule has 0 amide bonds. The first kappa shape index (κ1) is 11.3. The number of hydrogen-bond donors (Lipinski definition) is 0. The van der Waals surface area contributed by atoms with Crippen LogP contribution in [-0.2, 0) is 6.42 Å². The average molecular weight is 290 g/mol. The van der Waals surface area contributed by atoms with Crippen LogP contribution >= 0.6 is 27.5 Å². The van der Waals surface area contributed by atoms with E-state index in [2.05, 4.69) is 44.0 Å². The molecule has 1 aromatic heterocycles. The Labute approximate surface area is 103 Å². The zero-order chi connectivity index (χ0) is 10.8. The maximum Gasteiger partial charge on any atom is 0.205 e. The summed E-state index contributed by atoms with van der Waals surface area (Å²) < 4.78 is 4.33. The average Bonchev–Trinajstić information content (AvgIpc) is 2.64. The van der Waals surface area contributed by atoms with Crippen LogP contribution in [0.2, 0.25) is 0 Å². The molecule has 0 radical (unpaired) electrons. The first-order valence-corrected chi connectivity index (χ1v) is 7.09. The van der Waals surface area contributed by atoms with Crippen molar-refractivity contribution in [2.45, 2.75) is 31.5 Å². The number of alkyl halides is 1. The fourth-order valence-corrected chi connectivity index (χ4v) is 3.70. The molecule has 0 aliphatic carbocycles. The van der Waals surface area contributed by atoms with Crippen molar-refractivity contribution in [3.8, 4) is 0 Å². The van der Waals surface area contributed by atoms with Crippen molar-refractivity contribution < 1.29 is 0 Å². The van der Waals surface area contributed by atoms with Gasteiger partial charge in [0.1, 0.15) is 5.82 Å². The van der Waals surface area contributed by atoms with Gasteiger partial charge in [-0.3, -0.25) is 0 Å². The normalized spacial score (nSPS) is 27.0. The number of rotatable bonds is 2. The van der Waals surface area contributed by atoms with E-state index in [9.17, 15) is 0 Å². The van der Waals surface area contributed by atoms with Crippen molar-refractivity contribution in [2.75, 3.05) is 18.0 Å². The van der Waals surface area contributed by atoms with E-state index in [0.717, 1.165) is 36.4 Å². The van der Waals surface area contributed by atoms with Crippen LogP contribution in [0.15, 0.2) is 0 Å². The summed E-state index contributed by atoms with van der Waals surface area (Å²) in [5.41, 5.74) is 0. The number of halogens is 1. The van der Waals surface area contributed by atoms with Crippen LogP contribution in [0.5, 0.6) is 0 Å². The highest BCUT2D eigenvalue weighted by molar-refractivity contribution is 9.09. The van der Waals surface area contributed by atoms with Gasteiger partial charge in [0.25, 0.3) is 0 Å². The van der Waals surface area contributed by atoms with E-state index in [0.29, 0.717) is 4.83 Å². The number of nitrogens with zero attached hydrogens (tertiary/aromatic N) is 3. The summed E-state index contributed by atoms with van der Waals surface area (Å²) in [4.78, 5) is 7.48. The van der Waals surface area contributed by atoms with E-state index in [1.807, 2.05) is 0 Å². The molecule has 0 N–H and O–H groups in total. The van der Waals surface area contributed by atoms with Crippen molar-refractivity contribution >= 4 is 32.6 Å². The second kappa shape index (κ2) is 4.78. The van der Waals surface area contributed by atoms with Crippen LogP contribution in [0.1, 0.15) is 26.1 Å². The molecule has 1 aliphatic rings. The number of anilines is 1. The van der Waals surface area contributed by atoms with Gasteiger partial charge in [-0.05, 0) is 12.3 Å². The quantitative estimate of drug-likeness (QED) is 0.784. The van der Waals surface area contributed by atoms with Crippen LogP contribution < -0.4 is 4.90 Å². The molecule has 2 unspecified atom stereocenters. The second-order valence-electron chi connectivity index (χ2n) is 4.19. The number of aryl methyl sites for hydroxylation is 1. The van der Waals surface area contributed by atoms with Crippen LogP contribution in [0.3, 0.4) is 0 Å². The fourth-order valence-electron chi connectivity index (χ4n) is 1.95. The van der Waals surface area contributed by atoms with Gasteiger partial charge in [-0.15, -0.1) is 0 Å². The van der Waals surface area contributed by atoms with E-state index in [1.165, 1.54) is 18.0 Å². The number of hydrogen-bond acceptors (Lipinski definition) is 4. The van der Waals surface area contributed by atoms with Gasteiger partial charge in [-0.2, -0.15) is 4.37 Å². The lowest BCUT2D eigenvalue weighted by Gasteiger charge is -2.33. The number of aromatic nitrogens is 2. The van der Waals surface area contributed by atoms with E-state index in [4.69, 9.17) is 0 Å². The van der Waals surface area contributed by atoms with Gasteiger partial charge in [-0.25, -0.2) is 4.98 Å². The zero-order valence-electron chi connectivity index (χ0n) is 9.11. The molecule has 1 saturated heterocycles. The topological polar surface area (TPSA) is 29.0 Å². The smallest absolute Gasteiger partial charge is 0.205 e. The standard InChI is InChI=1S/C10H16BrN3S/c1-3-9-12-10(15-13-9)14-5-7(2)4-8(11)6-14/h7-8H,3-6H2,1-2H3. The summed E-state index contributed by atoms with van der Waals surface area (Å²) in [7, 11) is 0. The molecule has 2 heterocycles. The molecule has 15 heavy (non-hydrogen) atoms. The van der Waals surface area contributed by atoms with Crippen molar-refractivity contribution in [3.63, 3.8) is 0 Å². The highest BCUT2D eigenvalue weighted by Crippen LogP contribution is 2.27. The molecule has 5 heteroatoms. The summed E-state index contributed by atoms with van der Waals surface area (Å²) in [6.07, 6.45) is 2.19. The third-order valence-electron chi connectivity index (χ3n) is 2.65. The minimum Gasteiger partial charge on any atom is -0.345 e. The van der Waals surface area contributed by atoms with E-state index >= 15 is 0 Å². The molecular formula is C10H16BrN3S. The molecule has 0 bridgehead atoms. The first-order chi connectivity index (χ1) is 7.19. The van der Waals surface area contributed by atoms with Gasteiger partial charge < -0.3 is 4.90 Å². The van der Waals surface area contributed by atoms with Crippen molar-refractivity contribution in [2.24, 2.45) is 5.92 Å². The van der Waals surface area contributed by atoms with Crippen LogP contribution in [0, 0.1) is 5.92 Å². The summed E-state index contributed by atoms with van der Waals surface area (Å²) in [6, 6.07) is 0. The lowest BCUT2D eigenvalue weighted by molar-refractivity contribution is 0.459. The van der Waals surface area contributed by atoms with E-state index in [-0.39, 0.29) is 0 Å². The van der Waals surface area contributed by atoms with Gasteiger partial charge in [0.2, 0.25) is 5.13 Å². The summed E-state index contributed by atoms with van der Waals surface area (Å²) in [5.74, 6) is 1.71. The summed E-state index contributed by atoms with van der Waals surface area (Å²) in [5, 5.41) is 1.09. The monoisotopic (exact) mass is 289 g/mol. The third-order valence-corrected chi connectivity index (χ3v) is 4.13. The highest BCUT2D eigenvalue weighted by atomic mass is 79.9. The van der Waals surface area contributed by atoms with Crippen LogP contribution in [0.25, 0.3) is 0 Å². The summed E-state index contributed by atoms with van der Waals surface area (Å²) >= 11 is 5.23. The maximum absolute atomic E-state index is 4.53. The minimum atomic E-state index is 0.593. The zero-order valence-corrected chi connectivity index (χ0v) is 11.5. The molecule has 2 rings (SSSR count). The molecule has 84 valence electrons. The Balaban J connectivity index is 2.09. The lowest BCUT2D eigenvalue weighted by atomic mass is 10.0. The predicted molar refractivity (Wildman–Crippen MR) is 68.0 cm³/mol. The Morgan fingerprint density at radius 1 is 1.53 bits per heavy atom. The number of piperidine rings is 1. The largest absolute Gasteiger partial charge is 0.345 e. The van der Waals surface area contributed by atoms with Crippen molar-refractivity contribution in [1.29, 1.82) is 0 Å². The van der Waals surface area contributed by atoms with Crippen LogP contribution in [0.4, 0.5) is 5.13 Å². The lowest BCUT2D eigenvalue weighted by Crippen LogP contribution is -2.40. The van der Waals surface area contributed by atoms with Crippen LogP contribution in [-0.4, -0.2) is 27.3 Å². The van der Waals surface area contributed by atoms with Gasteiger partial charge in [0.15, 0.2) is 0 Å². The SMILES string of the molecule is CCc1nsc(N2CC(C)CC(Br)C2)n1. The van der Waals surface area contributed by atoms with E-state index < -0.39 is 0 Å². The highest BCUT2D eigenvalue weighted by Gasteiger charge is 2.24. The second-order valence-corrected chi connectivity index (χ2v) is 6.22. The minimum absolute atomic E-state index is 0.593. The molecule has 1 aliphatic heterocycles. The van der Waals surface area contributed by atoms with Gasteiger partial charge >= 0.3 is 0 Å². The van der Waals surface area contributed by atoms with Crippen molar-refractivity contribution in [1.82, 2.24) is 9.36 Å². The molecule has 1 fully saturated rings. The fraction of sp³-hybridized carbons (Fsp3) is 0.800. The first-order valence-electron chi connectivity index (χ1n) is 5.40. The molecule has 0 aromatic carbocycles. The van der Waals surface area contributed by atoms with Gasteiger partial charge in [0, 0.05) is 35.9 Å². The molecule has 3 nitrogen and oxygen atoms in total. The molecule has 2 atom stereocenters. The Kier molecular flexibility index (Phi) is 3.61. The molecule has 1 aromatic rings. The van der Waals surface area contributed by atoms with Gasteiger partial charge in [-0.1, -0.05) is 29.8 Å². The Bertz CT molecular complexity index is 318. The molecular weight excluding hydrogens is 274 g/mol. The Morgan fingerprint density at radius 2 is 2.33 bits per heavy atom. The summed E-state index contributed by atoms with van der Waals surface area (Å²) in [6.45, 7) is 6.56. The van der Waals surface area contributed by atoms with Gasteiger partial charge in [0.05, 0.1) is 0 Å². The maximum atomic E-state index is 4.53. The molecule has 0 saturated carbocycles. The van der Waals surface area contributed by atoms with E-state index in [1.54, 1.807) is 0 Å². The Morgan fingerprint density at radius 3 is 2.93 bits per heavy atom.